The summed E-state index contributed by atoms with van der Waals surface area (Å²) in [4.78, 5) is 0. The number of benzene rings is 1. The van der Waals surface area contributed by atoms with Crippen LogP contribution in [0.4, 0.5) is 0 Å². The third-order valence-electron chi connectivity index (χ3n) is 2.45. The minimum Gasteiger partial charge on any atom is -0.325 e. The molecule has 1 aromatic carbocycles. The van der Waals surface area contributed by atoms with Gasteiger partial charge in [-0.2, -0.15) is 16.9 Å². The Morgan fingerprint density at radius 2 is 2.00 bits per heavy atom. The normalized spacial score (nSPS) is 11.7. The van der Waals surface area contributed by atoms with Crippen molar-refractivity contribution in [3.63, 3.8) is 0 Å². The van der Waals surface area contributed by atoms with Gasteiger partial charge in [-0.3, -0.25) is 0 Å². The van der Waals surface area contributed by atoms with E-state index in [2.05, 4.69) is 43.2 Å². The van der Waals surface area contributed by atoms with Crippen LogP contribution in [0.2, 0.25) is 0 Å². The van der Waals surface area contributed by atoms with Gasteiger partial charge in [-0.15, -0.1) is 0 Å². The van der Waals surface area contributed by atoms with E-state index in [1.54, 1.807) is 6.20 Å². The highest BCUT2D eigenvalue weighted by Crippen LogP contribution is 2.17. The fourth-order valence-electron chi connectivity index (χ4n) is 1.60. The Morgan fingerprint density at radius 3 is 2.56 bits per heavy atom. The molecule has 0 fully saturated rings. The maximum absolute atomic E-state index is 5.96. The summed E-state index contributed by atoms with van der Waals surface area (Å²) >= 11 is 1.87. The molecule has 0 aliphatic carbocycles. The summed E-state index contributed by atoms with van der Waals surface area (Å²) in [5.41, 5.74) is 8.27. The van der Waals surface area contributed by atoms with Crippen LogP contribution in [0, 0.1) is 0 Å². The molecule has 0 radical (unpaired) electrons. The third kappa shape index (κ3) is 3.89. The highest BCUT2D eigenvalue weighted by molar-refractivity contribution is 7.98. The van der Waals surface area contributed by atoms with Crippen LogP contribution < -0.4 is 5.73 Å². The fourth-order valence-corrected chi connectivity index (χ4v) is 2.65. The van der Waals surface area contributed by atoms with Crippen molar-refractivity contribution in [2.75, 3.05) is 5.75 Å². The van der Waals surface area contributed by atoms with Crippen molar-refractivity contribution < 1.29 is 0 Å². The number of hydrogen-bond acceptors (Lipinski definition) is 3. The van der Waals surface area contributed by atoms with Gasteiger partial charge in [0.25, 0.3) is 0 Å². The van der Waals surface area contributed by atoms with Crippen molar-refractivity contribution in [3.05, 3.63) is 48.3 Å². The van der Waals surface area contributed by atoms with Gasteiger partial charge >= 0.3 is 0 Å². The van der Waals surface area contributed by atoms with E-state index in [9.17, 15) is 0 Å². The minimum atomic E-state index is -0.0976. The van der Waals surface area contributed by atoms with Gasteiger partial charge in [0.1, 0.15) is 0 Å². The second-order valence-electron chi connectivity index (χ2n) is 5.10. The van der Waals surface area contributed by atoms with E-state index >= 15 is 0 Å². The van der Waals surface area contributed by atoms with Crippen LogP contribution in [0.25, 0.3) is 5.69 Å². The molecule has 0 bridgehead atoms. The first-order chi connectivity index (χ1) is 8.54. The van der Waals surface area contributed by atoms with Crippen LogP contribution in [0.15, 0.2) is 42.7 Å². The lowest BCUT2D eigenvalue weighted by Crippen LogP contribution is -2.34. The van der Waals surface area contributed by atoms with Crippen molar-refractivity contribution in [3.8, 4) is 5.69 Å². The Balaban J connectivity index is 1.92. The molecule has 0 unspecified atom stereocenters. The second-order valence-corrected chi connectivity index (χ2v) is 6.08. The van der Waals surface area contributed by atoms with Gasteiger partial charge in [-0.1, -0.05) is 12.1 Å². The van der Waals surface area contributed by atoms with Crippen LogP contribution in [0.3, 0.4) is 0 Å². The number of rotatable bonds is 5. The lowest BCUT2D eigenvalue weighted by molar-refractivity contribution is 0.591. The number of aromatic nitrogens is 2. The lowest BCUT2D eigenvalue weighted by Gasteiger charge is -2.17. The molecule has 0 amide bonds. The molecule has 3 nitrogen and oxygen atoms in total. The molecule has 0 spiro atoms. The molecule has 1 aromatic heterocycles. The summed E-state index contributed by atoms with van der Waals surface area (Å²) in [5.74, 6) is 1.97. The van der Waals surface area contributed by atoms with Crippen LogP contribution in [-0.2, 0) is 5.75 Å². The summed E-state index contributed by atoms with van der Waals surface area (Å²) in [7, 11) is 0. The molecule has 0 atom stereocenters. The van der Waals surface area contributed by atoms with Gasteiger partial charge in [0.2, 0.25) is 0 Å². The maximum atomic E-state index is 5.96. The Kier molecular flexibility index (Phi) is 4.09. The third-order valence-corrected chi connectivity index (χ3v) is 3.93. The molecule has 0 aliphatic rings. The van der Waals surface area contributed by atoms with Gasteiger partial charge in [-0.05, 0) is 37.6 Å². The zero-order chi connectivity index (χ0) is 13.0. The van der Waals surface area contributed by atoms with Crippen molar-refractivity contribution in [2.45, 2.75) is 25.1 Å². The summed E-state index contributed by atoms with van der Waals surface area (Å²) in [5, 5.41) is 4.21. The minimum absolute atomic E-state index is 0.0976. The van der Waals surface area contributed by atoms with E-state index in [0.29, 0.717) is 0 Å². The average molecular weight is 261 g/mol. The molecule has 1 heterocycles. The molecule has 0 saturated heterocycles. The Hall–Kier alpha value is -1.26. The topological polar surface area (TPSA) is 43.8 Å². The van der Waals surface area contributed by atoms with Gasteiger partial charge < -0.3 is 5.73 Å². The molecule has 96 valence electrons. The number of nitrogens with zero attached hydrogens (tertiary/aromatic N) is 2. The van der Waals surface area contributed by atoms with Crippen molar-refractivity contribution in [2.24, 2.45) is 5.73 Å². The van der Waals surface area contributed by atoms with E-state index in [1.807, 2.05) is 28.7 Å². The molecule has 2 aromatic rings. The Labute approximate surface area is 112 Å². The van der Waals surface area contributed by atoms with Gasteiger partial charge in [0.05, 0.1) is 5.69 Å². The van der Waals surface area contributed by atoms with Crippen LogP contribution in [-0.4, -0.2) is 21.1 Å². The molecule has 2 N–H and O–H groups in total. The Morgan fingerprint density at radius 1 is 1.28 bits per heavy atom. The lowest BCUT2D eigenvalue weighted by atomic mass is 10.1. The molecule has 4 heteroatoms. The quantitative estimate of drug-likeness (QED) is 0.900. The Bertz CT molecular complexity index is 469. The molecule has 18 heavy (non-hydrogen) atoms. The largest absolute Gasteiger partial charge is 0.325 e. The highest BCUT2D eigenvalue weighted by atomic mass is 32.2. The first-order valence-electron chi connectivity index (χ1n) is 6.00. The summed E-state index contributed by atoms with van der Waals surface area (Å²) < 4.78 is 1.86. The molecular formula is C14H19N3S. The number of thioether (sulfide) groups is 1. The molecular weight excluding hydrogens is 242 g/mol. The van der Waals surface area contributed by atoms with Crippen LogP contribution in [0.1, 0.15) is 19.4 Å². The summed E-state index contributed by atoms with van der Waals surface area (Å²) in [6.45, 7) is 4.11. The molecule has 0 saturated carbocycles. The first-order valence-corrected chi connectivity index (χ1v) is 7.16. The maximum Gasteiger partial charge on any atom is 0.0645 e. The first kappa shape index (κ1) is 13.2. The van der Waals surface area contributed by atoms with E-state index in [4.69, 9.17) is 5.73 Å². The van der Waals surface area contributed by atoms with Crippen molar-refractivity contribution >= 4 is 11.8 Å². The summed E-state index contributed by atoms with van der Waals surface area (Å²) in [6.07, 6.45) is 3.73. The fraction of sp³-hybridized carbons (Fsp3) is 0.357. The smallest absolute Gasteiger partial charge is 0.0645 e. The van der Waals surface area contributed by atoms with Crippen LogP contribution in [0.5, 0.6) is 0 Å². The number of nitrogens with two attached hydrogens (primary N) is 1. The zero-order valence-electron chi connectivity index (χ0n) is 10.8. The van der Waals surface area contributed by atoms with E-state index in [0.717, 1.165) is 17.2 Å². The van der Waals surface area contributed by atoms with E-state index < -0.39 is 0 Å². The highest BCUT2D eigenvalue weighted by Gasteiger charge is 2.09. The van der Waals surface area contributed by atoms with E-state index in [1.165, 1.54) is 5.56 Å². The molecule has 2 rings (SSSR count). The predicted octanol–water partition coefficient (Wildman–Crippen LogP) is 2.84. The predicted molar refractivity (Wildman–Crippen MR) is 78.0 cm³/mol. The van der Waals surface area contributed by atoms with Gasteiger partial charge in [0.15, 0.2) is 0 Å². The molecule has 0 aliphatic heterocycles. The standard InChI is InChI=1S/C14H19N3S/c1-14(2,15)11-18-10-12-4-6-13(7-5-12)17-9-3-8-16-17/h3-9H,10-11,15H2,1-2H3. The van der Waals surface area contributed by atoms with Crippen LogP contribution >= 0.6 is 11.8 Å². The van der Waals surface area contributed by atoms with Crippen molar-refractivity contribution in [1.82, 2.24) is 9.78 Å². The van der Waals surface area contributed by atoms with E-state index in [-0.39, 0.29) is 5.54 Å². The van der Waals surface area contributed by atoms with Gasteiger partial charge in [-0.25, -0.2) is 4.68 Å². The zero-order valence-corrected chi connectivity index (χ0v) is 11.7. The second kappa shape index (κ2) is 5.59. The van der Waals surface area contributed by atoms with Gasteiger partial charge in [0, 0.05) is 29.4 Å². The summed E-state index contributed by atoms with van der Waals surface area (Å²) in [6, 6.07) is 10.4. The number of hydrogen-bond donors (Lipinski definition) is 1. The average Bonchev–Trinajstić information content (AvgIpc) is 2.82. The monoisotopic (exact) mass is 261 g/mol. The van der Waals surface area contributed by atoms with Crippen molar-refractivity contribution in [1.29, 1.82) is 0 Å². The SMILES string of the molecule is CC(C)(N)CSCc1ccc(-n2cccn2)cc1.